The lowest BCUT2D eigenvalue weighted by Crippen LogP contribution is -2.48. The van der Waals surface area contributed by atoms with Gasteiger partial charge in [0.25, 0.3) is 5.91 Å². The number of hydrogen-bond acceptors (Lipinski definition) is 4. The summed E-state index contributed by atoms with van der Waals surface area (Å²) >= 11 is 6.98. The quantitative estimate of drug-likeness (QED) is 0.317. The maximum atomic E-state index is 14.3. The molecule has 0 fully saturated rings. The second-order valence-corrected chi connectivity index (χ2v) is 9.12. The molecule has 0 saturated heterocycles. The summed E-state index contributed by atoms with van der Waals surface area (Å²) < 4.78 is 34.3. The predicted octanol–water partition coefficient (Wildman–Crippen LogP) is 6.62. The number of rotatable bonds is 6. The van der Waals surface area contributed by atoms with Gasteiger partial charge in [-0.25, -0.2) is 13.8 Å². The Balaban J connectivity index is 1.72. The summed E-state index contributed by atoms with van der Waals surface area (Å²) in [6, 6.07) is 18.0. The van der Waals surface area contributed by atoms with Crippen molar-refractivity contribution in [3.63, 3.8) is 0 Å². The summed E-state index contributed by atoms with van der Waals surface area (Å²) in [5.41, 5.74) is -0.396. The van der Waals surface area contributed by atoms with E-state index in [-0.39, 0.29) is 23.1 Å². The molecule has 0 aliphatic rings. The smallest absolute Gasteiger partial charge is 0.272 e. The minimum atomic E-state index is -1.27. The molecular formula is C24H19ClF2N2O2S. The van der Waals surface area contributed by atoms with Gasteiger partial charge >= 0.3 is 0 Å². The Morgan fingerprint density at radius 2 is 1.78 bits per heavy atom. The van der Waals surface area contributed by atoms with Crippen molar-refractivity contribution in [3.05, 3.63) is 89.0 Å². The molecule has 1 heterocycles. The molecule has 3 aromatic carbocycles. The Hall–Kier alpha value is -3.03. The molecule has 0 bridgehead atoms. The molecule has 0 aliphatic carbocycles. The Kier molecular flexibility index (Phi) is 6.13. The number of carbonyl (C=O) groups is 1. The lowest BCUT2D eigenvalue weighted by molar-refractivity contribution is -0.131. The van der Waals surface area contributed by atoms with Crippen molar-refractivity contribution in [1.29, 1.82) is 0 Å². The normalized spacial score (nSPS) is 11.5. The van der Waals surface area contributed by atoms with Gasteiger partial charge in [-0.05, 0) is 49.7 Å². The molecular weight excluding hydrogens is 454 g/mol. The Labute approximate surface area is 193 Å². The van der Waals surface area contributed by atoms with Gasteiger partial charge in [0.2, 0.25) is 0 Å². The number of benzene rings is 3. The van der Waals surface area contributed by atoms with Crippen LogP contribution in [0.2, 0.25) is 5.02 Å². The highest BCUT2D eigenvalue weighted by Crippen LogP contribution is 2.34. The molecule has 0 aliphatic heterocycles. The van der Waals surface area contributed by atoms with Crippen molar-refractivity contribution < 1.29 is 18.3 Å². The number of ether oxygens (including phenoxy) is 1. The predicted molar refractivity (Wildman–Crippen MR) is 123 cm³/mol. The molecule has 32 heavy (non-hydrogen) atoms. The van der Waals surface area contributed by atoms with E-state index in [1.54, 1.807) is 38.1 Å². The zero-order valence-corrected chi connectivity index (χ0v) is 18.9. The van der Waals surface area contributed by atoms with Gasteiger partial charge in [-0.1, -0.05) is 53.3 Å². The Morgan fingerprint density at radius 1 is 1.09 bits per heavy atom. The van der Waals surface area contributed by atoms with Crippen LogP contribution in [-0.2, 0) is 11.3 Å². The van der Waals surface area contributed by atoms with Gasteiger partial charge < -0.3 is 4.74 Å². The van der Waals surface area contributed by atoms with Gasteiger partial charge in [0.05, 0.1) is 11.2 Å². The van der Waals surface area contributed by atoms with E-state index in [2.05, 4.69) is 4.98 Å². The van der Waals surface area contributed by atoms with Crippen LogP contribution in [0.4, 0.5) is 13.9 Å². The largest absolute Gasteiger partial charge is 0.478 e. The number of amides is 1. The van der Waals surface area contributed by atoms with E-state index in [4.69, 9.17) is 16.3 Å². The number of aromatic nitrogens is 1. The highest BCUT2D eigenvalue weighted by atomic mass is 35.5. The summed E-state index contributed by atoms with van der Waals surface area (Å²) in [5.74, 6) is -1.37. The van der Waals surface area contributed by atoms with Gasteiger partial charge in [-0.2, -0.15) is 0 Å². The van der Waals surface area contributed by atoms with Gasteiger partial charge in [0, 0.05) is 11.1 Å². The molecule has 8 heteroatoms. The monoisotopic (exact) mass is 472 g/mol. The number of halogens is 3. The van der Waals surface area contributed by atoms with E-state index in [1.165, 1.54) is 11.0 Å². The summed E-state index contributed by atoms with van der Waals surface area (Å²) in [4.78, 5) is 19.4. The molecule has 4 nitrogen and oxygen atoms in total. The van der Waals surface area contributed by atoms with E-state index < -0.39 is 17.2 Å². The fourth-order valence-electron chi connectivity index (χ4n) is 3.22. The minimum Gasteiger partial charge on any atom is -0.478 e. The number of carbonyl (C=O) groups excluding carboxylic acids is 1. The van der Waals surface area contributed by atoms with Gasteiger partial charge in [-0.3, -0.25) is 9.69 Å². The lowest BCUT2D eigenvalue weighted by Gasteiger charge is -2.31. The first-order chi connectivity index (χ1) is 15.2. The van der Waals surface area contributed by atoms with Crippen LogP contribution in [0.3, 0.4) is 0 Å². The summed E-state index contributed by atoms with van der Waals surface area (Å²) in [6.07, 6.45) is 0. The van der Waals surface area contributed by atoms with Crippen molar-refractivity contribution in [2.24, 2.45) is 0 Å². The van der Waals surface area contributed by atoms with Crippen LogP contribution in [-0.4, -0.2) is 16.5 Å². The maximum Gasteiger partial charge on any atom is 0.272 e. The summed E-state index contributed by atoms with van der Waals surface area (Å²) in [6.45, 7) is 3.49. The van der Waals surface area contributed by atoms with Crippen LogP contribution >= 0.6 is 22.9 Å². The molecule has 4 rings (SSSR count). The topological polar surface area (TPSA) is 42.4 Å². The average Bonchev–Trinajstić information content (AvgIpc) is 3.18. The Morgan fingerprint density at radius 3 is 2.47 bits per heavy atom. The number of anilines is 1. The van der Waals surface area contributed by atoms with Gasteiger partial charge in [-0.15, -0.1) is 0 Å². The molecule has 0 radical (unpaired) electrons. The zero-order chi connectivity index (χ0) is 22.9. The number of thiazole rings is 1. The van der Waals surface area contributed by atoms with Gasteiger partial charge in [0.15, 0.2) is 16.5 Å². The van der Waals surface area contributed by atoms with Crippen molar-refractivity contribution in [2.45, 2.75) is 26.0 Å². The van der Waals surface area contributed by atoms with E-state index in [1.807, 2.05) is 30.3 Å². The molecule has 0 unspecified atom stereocenters. The minimum absolute atomic E-state index is 0.0219. The van der Waals surface area contributed by atoms with E-state index >= 15 is 0 Å². The van der Waals surface area contributed by atoms with Crippen molar-refractivity contribution in [1.82, 2.24) is 4.98 Å². The summed E-state index contributed by atoms with van der Waals surface area (Å²) in [7, 11) is 0. The molecule has 0 saturated carbocycles. The van der Waals surface area contributed by atoms with Crippen LogP contribution in [0.5, 0.6) is 5.75 Å². The second-order valence-electron chi connectivity index (χ2n) is 7.67. The third-order valence-electron chi connectivity index (χ3n) is 4.76. The molecule has 0 atom stereocenters. The molecule has 1 amide bonds. The van der Waals surface area contributed by atoms with Crippen LogP contribution in [0.1, 0.15) is 19.4 Å². The molecule has 4 aromatic rings. The van der Waals surface area contributed by atoms with Crippen LogP contribution < -0.4 is 9.64 Å². The third kappa shape index (κ3) is 4.74. The second kappa shape index (κ2) is 8.84. The highest BCUT2D eigenvalue weighted by molar-refractivity contribution is 7.22. The fourth-order valence-corrected chi connectivity index (χ4v) is 4.35. The number of hydrogen-bond donors (Lipinski definition) is 0. The third-order valence-corrected chi connectivity index (χ3v) is 6.04. The molecule has 0 N–H and O–H groups in total. The number of fused-ring (bicyclic) bond motifs is 1. The van der Waals surface area contributed by atoms with E-state index in [9.17, 15) is 13.6 Å². The zero-order valence-electron chi connectivity index (χ0n) is 17.3. The molecule has 1 aromatic heterocycles. The van der Waals surface area contributed by atoms with Crippen molar-refractivity contribution in [3.8, 4) is 5.75 Å². The summed E-state index contributed by atoms with van der Waals surface area (Å²) in [5, 5.41) is 0.807. The van der Waals surface area contributed by atoms with Crippen molar-refractivity contribution >= 4 is 44.2 Å². The van der Waals surface area contributed by atoms with Crippen LogP contribution in [0, 0.1) is 11.6 Å². The Bertz CT molecular complexity index is 1260. The first kappa shape index (κ1) is 22.2. The van der Waals surface area contributed by atoms with Crippen molar-refractivity contribution in [2.75, 3.05) is 4.90 Å². The first-order valence-corrected chi connectivity index (χ1v) is 11.0. The van der Waals surface area contributed by atoms with E-state index in [0.29, 0.717) is 15.5 Å². The standard InChI is InChI=1S/C24H19ClF2N2O2S/c1-24(2,31-18-10-8-16(25)9-11-18)22(30)29(14-15-6-4-3-5-7-15)23-28-21-19(27)12-17(26)13-20(21)32-23/h3-13H,14H2,1-2H3. The first-order valence-electron chi connectivity index (χ1n) is 9.79. The number of nitrogens with zero attached hydrogens (tertiary/aromatic N) is 2. The van der Waals surface area contributed by atoms with E-state index in [0.717, 1.165) is 23.0 Å². The average molecular weight is 473 g/mol. The lowest BCUT2D eigenvalue weighted by atomic mass is 10.1. The van der Waals surface area contributed by atoms with Crippen LogP contribution in [0.25, 0.3) is 10.2 Å². The fraction of sp³-hybridized carbons (Fsp3) is 0.167. The van der Waals surface area contributed by atoms with Crippen LogP contribution in [0.15, 0.2) is 66.7 Å². The van der Waals surface area contributed by atoms with Gasteiger partial charge in [0.1, 0.15) is 17.1 Å². The molecule has 164 valence electrons. The molecule has 0 spiro atoms. The maximum absolute atomic E-state index is 14.3. The highest BCUT2D eigenvalue weighted by Gasteiger charge is 2.36. The SMILES string of the molecule is CC(C)(Oc1ccc(Cl)cc1)C(=O)N(Cc1ccccc1)c1nc2c(F)cc(F)cc2s1.